The molecule has 0 unspecified atom stereocenters. The summed E-state index contributed by atoms with van der Waals surface area (Å²) in [5.41, 5.74) is -1.34. The van der Waals surface area contributed by atoms with Crippen LogP contribution in [0.4, 0.5) is 18.9 Å². The number of nitrogens with one attached hydrogen (secondary N) is 2. The predicted molar refractivity (Wildman–Crippen MR) is 87.4 cm³/mol. The van der Waals surface area contributed by atoms with Crippen molar-refractivity contribution >= 4 is 17.5 Å². The molecule has 140 valence electrons. The first-order valence-electron chi connectivity index (χ1n) is 8.10. The molecule has 0 atom stereocenters. The number of nitrogens with zero attached hydrogens (tertiary/aromatic N) is 2. The van der Waals surface area contributed by atoms with Crippen LogP contribution in [0.3, 0.4) is 0 Å². The minimum absolute atomic E-state index is 0.142. The lowest BCUT2D eigenvalue weighted by Crippen LogP contribution is -2.49. The molecule has 1 saturated carbocycles. The molecule has 0 radical (unpaired) electrons. The third-order valence-corrected chi connectivity index (χ3v) is 4.19. The summed E-state index contributed by atoms with van der Waals surface area (Å²) in [6.45, 7) is -0.414. The molecule has 2 N–H and O–H groups in total. The monoisotopic (exact) mass is 368 g/mol. The fourth-order valence-corrected chi connectivity index (χ4v) is 2.91. The summed E-state index contributed by atoms with van der Waals surface area (Å²) in [6.07, 6.45) is 2.92. The van der Waals surface area contributed by atoms with E-state index in [2.05, 4.69) is 16.7 Å². The SMILES string of the molecule is CN(CC(=O)Nc1ccc(F)c(F)c1F)CC(=O)NC1(C#N)CCCC1. The van der Waals surface area contributed by atoms with Gasteiger partial charge in [0, 0.05) is 0 Å². The minimum atomic E-state index is -1.67. The Bertz CT molecular complexity index is 742. The maximum absolute atomic E-state index is 13.5. The molecule has 0 heterocycles. The quantitative estimate of drug-likeness (QED) is 0.752. The van der Waals surface area contributed by atoms with E-state index in [1.807, 2.05) is 0 Å². The Morgan fingerprint density at radius 3 is 2.38 bits per heavy atom. The number of benzene rings is 1. The van der Waals surface area contributed by atoms with Crippen molar-refractivity contribution in [1.29, 1.82) is 5.26 Å². The predicted octanol–water partition coefficient (Wildman–Crippen LogP) is 1.93. The van der Waals surface area contributed by atoms with Crippen molar-refractivity contribution in [3.63, 3.8) is 0 Å². The number of amides is 2. The van der Waals surface area contributed by atoms with Crippen molar-refractivity contribution in [2.24, 2.45) is 0 Å². The van der Waals surface area contributed by atoms with Gasteiger partial charge in [-0.15, -0.1) is 0 Å². The highest BCUT2D eigenvalue weighted by atomic mass is 19.2. The number of carbonyl (C=O) groups is 2. The first-order valence-corrected chi connectivity index (χ1v) is 8.10. The average molecular weight is 368 g/mol. The maximum Gasteiger partial charge on any atom is 0.238 e. The molecule has 9 heteroatoms. The first-order chi connectivity index (χ1) is 12.3. The van der Waals surface area contributed by atoms with Crippen molar-refractivity contribution in [3.05, 3.63) is 29.6 Å². The van der Waals surface area contributed by atoms with E-state index in [1.54, 1.807) is 0 Å². The van der Waals surface area contributed by atoms with E-state index in [4.69, 9.17) is 0 Å². The molecule has 1 fully saturated rings. The minimum Gasteiger partial charge on any atom is -0.337 e. The van der Waals surface area contributed by atoms with Crippen molar-refractivity contribution in [2.45, 2.75) is 31.2 Å². The van der Waals surface area contributed by atoms with Crippen LogP contribution in [0.25, 0.3) is 0 Å². The van der Waals surface area contributed by atoms with Gasteiger partial charge in [-0.05, 0) is 44.9 Å². The molecule has 0 spiro atoms. The highest BCUT2D eigenvalue weighted by Gasteiger charge is 2.35. The van der Waals surface area contributed by atoms with Crippen molar-refractivity contribution in [2.75, 3.05) is 25.5 Å². The third-order valence-electron chi connectivity index (χ3n) is 4.19. The van der Waals surface area contributed by atoms with Gasteiger partial charge in [-0.1, -0.05) is 0 Å². The molecule has 6 nitrogen and oxygen atoms in total. The summed E-state index contributed by atoms with van der Waals surface area (Å²) in [6, 6.07) is 3.75. The standard InChI is InChI=1S/C17H19F3N4O2/c1-24(9-14(26)23-17(10-21)6-2-3-7-17)8-13(25)22-12-5-4-11(18)15(19)16(12)20/h4-5H,2-3,6-9H2,1H3,(H,22,25)(H,23,26). The zero-order valence-corrected chi connectivity index (χ0v) is 14.2. The largest absolute Gasteiger partial charge is 0.337 e. The third kappa shape index (κ3) is 4.73. The molecule has 1 aromatic carbocycles. The number of hydrogen-bond donors (Lipinski definition) is 2. The van der Waals surface area contributed by atoms with Crippen LogP contribution in [0.2, 0.25) is 0 Å². The van der Waals surface area contributed by atoms with Crippen LogP contribution < -0.4 is 10.6 Å². The molecular formula is C17H19F3N4O2. The summed E-state index contributed by atoms with van der Waals surface area (Å²) in [4.78, 5) is 25.3. The van der Waals surface area contributed by atoms with Crippen LogP contribution >= 0.6 is 0 Å². The Hall–Kier alpha value is -2.60. The van der Waals surface area contributed by atoms with Gasteiger partial charge in [0.2, 0.25) is 11.8 Å². The molecule has 0 aliphatic heterocycles. The Kier molecular flexibility index (Phi) is 6.21. The molecular weight excluding hydrogens is 349 g/mol. The molecule has 2 rings (SSSR count). The summed E-state index contributed by atoms with van der Waals surface area (Å²) >= 11 is 0. The second-order valence-corrected chi connectivity index (χ2v) is 6.39. The van der Waals surface area contributed by atoms with Crippen molar-refractivity contribution in [1.82, 2.24) is 10.2 Å². The number of nitriles is 1. The number of carbonyl (C=O) groups excluding carboxylic acids is 2. The van der Waals surface area contributed by atoms with E-state index in [-0.39, 0.29) is 13.1 Å². The number of halogens is 3. The number of hydrogen-bond acceptors (Lipinski definition) is 4. The molecule has 1 aromatic rings. The van der Waals surface area contributed by atoms with E-state index >= 15 is 0 Å². The molecule has 1 aliphatic carbocycles. The maximum atomic E-state index is 13.5. The molecule has 26 heavy (non-hydrogen) atoms. The average Bonchev–Trinajstić information content (AvgIpc) is 3.04. The smallest absolute Gasteiger partial charge is 0.238 e. The van der Waals surface area contributed by atoms with Crippen LogP contribution in [0.1, 0.15) is 25.7 Å². The topological polar surface area (TPSA) is 85.2 Å². The second-order valence-electron chi connectivity index (χ2n) is 6.39. The first kappa shape index (κ1) is 19.7. The van der Waals surface area contributed by atoms with Crippen LogP contribution in [-0.4, -0.2) is 42.4 Å². The number of likely N-dealkylation sites (N-methyl/N-ethyl adjacent to an activating group) is 1. The van der Waals surface area contributed by atoms with Crippen LogP contribution in [-0.2, 0) is 9.59 Å². The molecule has 2 amide bonds. The zero-order chi connectivity index (χ0) is 19.3. The van der Waals surface area contributed by atoms with Crippen molar-refractivity contribution < 1.29 is 22.8 Å². The van der Waals surface area contributed by atoms with Gasteiger partial charge in [0.15, 0.2) is 17.5 Å². The van der Waals surface area contributed by atoms with Gasteiger partial charge >= 0.3 is 0 Å². The normalized spacial score (nSPS) is 15.5. The lowest BCUT2D eigenvalue weighted by Gasteiger charge is -2.24. The Balaban J connectivity index is 1.86. The van der Waals surface area contributed by atoms with E-state index < -0.39 is 40.5 Å². The zero-order valence-electron chi connectivity index (χ0n) is 14.2. The lowest BCUT2D eigenvalue weighted by atomic mass is 10.00. The van der Waals surface area contributed by atoms with Gasteiger partial charge in [-0.2, -0.15) is 5.26 Å². The molecule has 0 aromatic heterocycles. The van der Waals surface area contributed by atoms with E-state index in [0.717, 1.165) is 18.9 Å². The van der Waals surface area contributed by atoms with E-state index in [1.165, 1.54) is 11.9 Å². The summed E-state index contributed by atoms with van der Waals surface area (Å²) in [5.74, 6) is -5.61. The summed E-state index contributed by atoms with van der Waals surface area (Å²) in [5, 5.41) is 14.1. The fourth-order valence-electron chi connectivity index (χ4n) is 2.91. The summed E-state index contributed by atoms with van der Waals surface area (Å²) < 4.78 is 39.6. The molecule has 0 bridgehead atoms. The Morgan fingerprint density at radius 2 is 1.77 bits per heavy atom. The summed E-state index contributed by atoms with van der Waals surface area (Å²) in [7, 11) is 1.49. The van der Waals surface area contributed by atoms with Crippen LogP contribution in [0, 0.1) is 28.8 Å². The fraction of sp³-hybridized carbons (Fsp3) is 0.471. The number of anilines is 1. The van der Waals surface area contributed by atoms with Crippen molar-refractivity contribution in [3.8, 4) is 6.07 Å². The highest BCUT2D eigenvalue weighted by Crippen LogP contribution is 2.28. The van der Waals surface area contributed by atoms with E-state index in [0.29, 0.717) is 18.9 Å². The van der Waals surface area contributed by atoms with Gasteiger partial charge in [-0.25, -0.2) is 13.2 Å². The lowest BCUT2D eigenvalue weighted by molar-refractivity contribution is -0.124. The second kappa shape index (κ2) is 8.19. The molecule has 0 saturated heterocycles. The highest BCUT2D eigenvalue weighted by molar-refractivity contribution is 5.92. The Labute approximate surface area is 149 Å². The Morgan fingerprint density at radius 1 is 1.15 bits per heavy atom. The molecule has 1 aliphatic rings. The van der Waals surface area contributed by atoms with Crippen LogP contribution in [0.15, 0.2) is 12.1 Å². The van der Waals surface area contributed by atoms with Gasteiger partial charge in [0.1, 0.15) is 5.54 Å². The number of rotatable bonds is 6. The van der Waals surface area contributed by atoms with Crippen LogP contribution in [0.5, 0.6) is 0 Å². The van der Waals surface area contributed by atoms with Gasteiger partial charge in [0.05, 0.1) is 24.8 Å². The van der Waals surface area contributed by atoms with Gasteiger partial charge in [-0.3, -0.25) is 14.5 Å². The van der Waals surface area contributed by atoms with Gasteiger partial charge in [0.25, 0.3) is 0 Å². The van der Waals surface area contributed by atoms with Gasteiger partial charge < -0.3 is 10.6 Å². The van der Waals surface area contributed by atoms with E-state index in [9.17, 15) is 28.0 Å².